The highest BCUT2D eigenvalue weighted by Crippen LogP contribution is 2.48. The van der Waals surface area contributed by atoms with Gasteiger partial charge in [-0.15, -0.1) is 0 Å². The molecule has 0 fully saturated rings. The first-order valence-electron chi connectivity index (χ1n) is 9.04. The largest absolute Gasteiger partial charge is 0.322 e. The van der Waals surface area contributed by atoms with Crippen LogP contribution in [0.25, 0.3) is 11.1 Å². The number of anilines is 1. The van der Waals surface area contributed by atoms with Gasteiger partial charge in [0.1, 0.15) is 0 Å². The van der Waals surface area contributed by atoms with Gasteiger partial charge in [0.2, 0.25) is 0 Å². The molecule has 0 saturated carbocycles. The molecule has 0 N–H and O–H groups in total. The molecule has 0 aliphatic carbocycles. The molecule has 0 unspecified atom stereocenters. The van der Waals surface area contributed by atoms with Crippen LogP contribution in [0.3, 0.4) is 0 Å². The van der Waals surface area contributed by atoms with Gasteiger partial charge in [0.05, 0.1) is 5.69 Å². The highest BCUT2D eigenvalue weighted by atomic mass is 32.2. The van der Waals surface area contributed by atoms with Crippen LogP contribution < -0.4 is 4.90 Å². The normalized spacial score (nSPS) is 15.0. The fourth-order valence-electron chi connectivity index (χ4n) is 3.35. The second-order valence-electron chi connectivity index (χ2n) is 7.31. The van der Waals surface area contributed by atoms with Gasteiger partial charge in [-0.3, -0.25) is 0 Å². The number of thioether (sulfide) groups is 1. The highest BCUT2D eigenvalue weighted by molar-refractivity contribution is 8.05. The van der Waals surface area contributed by atoms with Crippen LogP contribution in [0.5, 0.6) is 0 Å². The third kappa shape index (κ3) is 3.37. The first-order chi connectivity index (χ1) is 11.9. The van der Waals surface area contributed by atoms with Gasteiger partial charge < -0.3 is 4.90 Å². The van der Waals surface area contributed by atoms with Crippen LogP contribution in [-0.4, -0.2) is 0 Å². The number of rotatable bonds is 4. The maximum atomic E-state index is 3.52. The minimum atomic E-state index is 0.458. The lowest BCUT2D eigenvalue weighted by Crippen LogP contribution is -2.17. The lowest BCUT2D eigenvalue weighted by Gasteiger charge is -2.29. The first kappa shape index (κ1) is 18.1. The standard InChI is InChI=1S/C23H27NS/c1-15(2)20-12-13-21(16(3)4)23(24-14-25-18(6)17(24)5)22(20)19-10-8-7-9-11-19/h7-13,15-16H,1-6H3. The van der Waals surface area contributed by atoms with Crippen molar-refractivity contribution in [3.63, 3.8) is 0 Å². The van der Waals surface area contributed by atoms with E-state index in [-0.39, 0.29) is 0 Å². The zero-order valence-electron chi connectivity index (χ0n) is 16.1. The molecule has 0 spiro atoms. The van der Waals surface area contributed by atoms with E-state index in [0.717, 1.165) is 0 Å². The molecule has 0 saturated heterocycles. The van der Waals surface area contributed by atoms with Gasteiger partial charge in [-0.1, -0.05) is 81.9 Å². The van der Waals surface area contributed by atoms with Crippen molar-refractivity contribution in [2.24, 2.45) is 0 Å². The Bertz CT molecular complexity index is 787. The van der Waals surface area contributed by atoms with E-state index in [4.69, 9.17) is 0 Å². The lowest BCUT2D eigenvalue weighted by atomic mass is 9.86. The summed E-state index contributed by atoms with van der Waals surface area (Å²) in [5.41, 5.74) is 8.00. The van der Waals surface area contributed by atoms with E-state index >= 15 is 0 Å². The SMILES string of the molecule is CC1=C(C)N(c2c(C(C)C)ccc(C(C)C)c2-c2ccccc2)[C]S1. The third-order valence-electron chi connectivity index (χ3n) is 4.91. The van der Waals surface area contributed by atoms with Crippen molar-refractivity contribution >= 4 is 17.4 Å². The zero-order valence-corrected chi connectivity index (χ0v) is 16.9. The van der Waals surface area contributed by atoms with E-state index in [1.165, 1.54) is 38.5 Å². The Morgan fingerprint density at radius 3 is 1.96 bits per heavy atom. The summed E-state index contributed by atoms with van der Waals surface area (Å²) in [5.74, 6) is 4.45. The number of benzene rings is 2. The van der Waals surface area contributed by atoms with Crippen molar-refractivity contribution in [1.82, 2.24) is 0 Å². The lowest BCUT2D eigenvalue weighted by molar-refractivity contribution is 0.842. The van der Waals surface area contributed by atoms with Gasteiger partial charge in [-0.2, -0.15) is 0 Å². The van der Waals surface area contributed by atoms with Gasteiger partial charge in [0, 0.05) is 16.2 Å². The Morgan fingerprint density at radius 2 is 1.44 bits per heavy atom. The Morgan fingerprint density at radius 1 is 0.840 bits per heavy atom. The fourth-order valence-corrected chi connectivity index (χ4v) is 4.04. The van der Waals surface area contributed by atoms with E-state index in [1.807, 2.05) is 0 Å². The number of nitrogens with zero attached hydrogens (tertiary/aromatic N) is 1. The Labute approximate surface area is 157 Å². The predicted octanol–water partition coefficient (Wildman–Crippen LogP) is 7.40. The summed E-state index contributed by atoms with van der Waals surface area (Å²) in [6, 6.07) is 15.4. The molecule has 0 amide bonds. The summed E-state index contributed by atoms with van der Waals surface area (Å²) in [7, 11) is 0. The Kier molecular flexibility index (Phi) is 5.29. The smallest absolute Gasteiger partial charge is 0.168 e. The molecule has 25 heavy (non-hydrogen) atoms. The van der Waals surface area contributed by atoms with Gasteiger partial charge >= 0.3 is 0 Å². The molecule has 1 nitrogen and oxygen atoms in total. The second-order valence-corrected chi connectivity index (χ2v) is 8.31. The third-order valence-corrected chi connectivity index (χ3v) is 5.78. The number of hydrogen-bond donors (Lipinski definition) is 0. The van der Waals surface area contributed by atoms with Crippen molar-refractivity contribution in [2.45, 2.75) is 53.4 Å². The molecule has 0 bridgehead atoms. The van der Waals surface area contributed by atoms with Crippen molar-refractivity contribution in [2.75, 3.05) is 4.90 Å². The summed E-state index contributed by atoms with van der Waals surface area (Å²) in [6.07, 6.45) is 0. The van der Waals surface area contributed by atoms with Crippen LogP contribution in [0.1, 0.15) is 64.5 Å². The van der Waals surface area contributed by atoms with E-state index in [1.54, 1.807) is 11.8 Å². The van der Waals surface area contributed by atoms with Gasteiger partial charge in [0.15, 0.2) is 5.88 Å². The van der Waals surface area contributed by atoms with E-state index in [2.05, 4.69) is 94.8 Å². The van der Waals surface area contributed by atoms with Crippen LogP contribution in [0, 0.1) is 5.88 Å². The van der Waals surface area contributed by atoms with Crippen LogP contribution in [0.2, 0.25) is 0 Å². The minimum absolute atomic E-state index is 0.458. The molecule has 130 valence electrons. The van der Waals surface area contributed by atoms with Crippen molar-refractivity contribution in [1.29, 1.82) is 0 Å². The maximum Gasteiger partial charge on any atom is 0.168 e. The quantitative estimate of drug-likeness (QED) is 0.565. The molecule has 3 rings (SSSR count). The summed E-state index contributed by atoms with van der Waals surface area (Å²) in [5, 5.41) is 0. The Balaban J connectivity index is 2.35. The summed E-state index contributed by atoms with van der Waals surface area (Å²) in [6.45, 7) is 13.5. The van der Waals surface area contributed by atoms with E-state index < -0.39 is 0 Å². The van der Waals surface area contributed by atoms with Crippen molar-refractivity contribution < 1.29 is 0 Å². The Hall–Kier alpha value is -1.67. The van der Waals surface area contributed by atoms with Crippen LogP contribution in [0.15, 0.2) is 53.1 Å². The molecule has 2 aromatic carbocycles. The topological polar surface area (TPSA) is 3.24 Å². The molecule has 0 aromatic heterocycles. The summed E-state index contributed by atoms with van der Waals surface area (Å²) >= 11 is 1.70. The second kappa shape index (κ2) is 7.29. The molecular formula is C23H27NS. The molecule has 0 atom stereocenters. The fraction of sp³-hybridized carbons (Fsp3) is 0.348. The monoisotopic (exact) mass is 349 g/mol. The highest BCUT2D eigenvalue weighted by Gasteiger charge is 2.28. The molecule has 1 heterocycles. The zero-order chi connectivity index (χ0) is 18.1. The molecule has 1 aliphatic heterocycles. The first-order valence-corrected chi connectivity index (χ1v) is 9.85. The van der Waals surface area contributed by atoms with E-state index in [9.17, 15) is 0 Å². The minimum Gasteiger partial charge on any atom is -0.322 e. The molecular weight excluding hydrogens is 322 g/mol. The summed E-state index contributed by atoms with van der Waals surface area (Å²) in [4.78, 5) is 3.60. The predicted molar refractivity (Wildman–Crippen MR) is 112 cm³/mol. The van der Waals surface area contributed by atoms with E-state index in [0.29, 0.717) is 11.8 Å². The molecule has 2 radical (unpaired) electrons. The molecule has 2 aromatic rings. The average Bonchev–Trinajstić information content (AvgIpc) is 2.93. The number of allylic oxidation sites excluding steroid dienone is 2. The van der Waals surface area contributed by atoms with Gasteiger partial charge in [-0.25, -0.2) is 0 Å². The molecule has 1 aliphatic rings. The van der Waals surface area contributed by atoms with Gasteiger partial charge in [0.25, 0.3) is 0 Å². The maximum absolute atomic E-state index is 3.52. The van der Waals surface area contributed by atoms with Crippen molar-refractivity contribution in [3.05, 3.63) is 70.1 Å². The van der Waals surface area contributed by atoms with Crippen molar-refractivity contribution in [3.8, 4) is 11.1 Å². The van der Waals surface area contributed by atoms with Crippen LogP contribution in [-0.2, 0) is 0 Å². The van der Waals surface area contributed by atoms with Gasteiger partial charge in [-0.05, 0) is 42.4 Å². The van der Waals surface area contributed by atoms with Crippen LogP contribution >= 0.6 is 11.8 Å². The average molecular weight is 350 g/mol. The summed E-state index contributed by atoms with van der Waals surface area (Å²) < 4.78 is 0. The number of hydrogen-bond acceptors (Lipinski definition) is 2. The van der Waals surface area contributed by atoms with Crippen LogP contribution in [0.4, 0.5) is 5.69 Å². The molecule has 2 heteroatoms.